The molecule has 0 bridgehead atoms. The van der Waals surface area contributed by atoms with E-state index in [0.717, 1.165) is 26.1 Å². The Morgan fingerprint density at radius 2 is 2.15 bits per heavy atom. The van der Waals surface area contributed by atoms with E-state index in [1.54, 1.807) is 0 Å². The molecule has 0 aromatic heterocycles. The first kappa shape index (κ1) is 9.36. The number of aliphatic hydroxyl groups is 1. The minimum atomic E-state index is -0.193. The molecule has 3 atom stereocenters. The zero-order chi connectivity index (χ0) is 9.42. The predicted octanol–water partition coefficient (Wildman–Crippen LogP) is -1.86. The highest BCUT2D eigenvalue weighted by molar-refractivity contribution is 4.95. The number of likely N-dealkylation sites (tertiary alicyclic amines) is 1. The van der Waals surface area contributed by atoms with Gasteiger partial charge in [-0.25, -0.2) is 5.01 Å². The van der Waals surface area contributed by atoms with Gasteiger partial charge in [0.25, 0.3) is 0 Å². The number of piperidine rings is 1. The average Bonchev–Trinajstić information content (AvgIpc) is 2.56. The molecule has 5 nitrogen and oxygen atoms in total. The van der Waals surface area contributed by atoms with Crippen LogP contribution in [0.4, 0.5) is 0 Å². The standard InChI is InChI=1S/C8H18N4O/c9-5-11-3-6-7(4-11)12(10)2-1-8(6)13/h6-8,13H,1-5,9-10H2. The van der Waals surface area contributed by atoms with Crippen LogP contribution in [0.5, 0.6) is 0 Å². The van der Waals surface area contributed by atoms with E-state index in [2.05, 4.69) is 4.90 Å². The first-order valence-corrected chi connectivity index (χ1v) is 4.84. The summed E-state index contributed by atoms with van der Waals surface area (Å²) in [6, 6.07) is 0.298. The molecule has 0 amide bonds. The fourth-order valence-electron chi connectivity index (χ4n) is 2.43. The summed E-state index contributed by atoms with van der Waals surface area (Å²) >= 11 is 0. The maximum atomic E-state index is 9.76. The molecule has 0 aliphatic carbocycles. The highest BCUT2D eigenvalue weighted by atomic mass is 16.3. The third-order valence-electron chi connectivity index (χ3n) is 3.27. The van der Waals surface area contributed by atoms with Crippen molar-refractivity contribution in [3.63, 3.8) is 0 Å². The van der Waals surface area contributed by atoms with Crippen LogP contribution in [0.1, 0.15) is 6.42 Å². The summed E-state index contributed by atoms with van der Waals surface area (Å²) in [7, 11) is 0. The molecular formula is C8H18N4O. The van der Waals surface area contributed by atoms with Gasteiger partial charge in [0.15, 0.2) is 0 Å². The number of rotatable bonds is 1. The van der Waals surface area contributed by atoms with Crippen LogP contribution in [0, 0.1) is 5.92 Å². The van der Waals surface area contributed by atoms with Gasteiger partial charge in [0.1, 0.15) is 0 Å². The van der Waals surface area contributed by atoms with Gasteiger partial charge in [-0.05, 0) is 6.42 Å². The van der Waals surface area contributed by atoms with Gasteiger partial charge >= 0.3 is 0 Å². The fourth-order valence-corrected chi connectivity index (χ4v) is 2.43. The number of hydrogen-bond donors (Lipinski definition) is 3. The molecule has 0 radical (unpaired) electrons. The van der Waals surface area contributed by atoms with E-state index < -0.39 is 0 Å². The van der Waals surface area contributed by atoms with Crippen LogP contribution in [0.3, 0.4) is 0 Å². The summed E-state index contributed by atoms with van der Waals surface area (Å²) in [6.07, 6.45) is 0.595. The molecule has 2 aliphatic heterocycles. The Hall–Kier alpha value is -0.200. The Balaban J connectivity index is 2.05. The van der Waals surface area contributed by atoms with Crippen molar-refractivity contribution in [1.82, 2.24) is 9.91 Å². The van der Waals surface area contributed by atoms with Gasteiger partial charge in [-0.15, -0.1) is 0 Å². The molecule has 2 fully saturated rings. The maximum absolute atomic E-state index is 9.76. The van der Waals surface area contributed by atoms with Gasteiger partial charge in [0.2, 0.25) is 0 Å². The third kappa shape index (κ3) is 1.58. The van der Waals surface area contributed by atoms with Crippen LogP contribution in [-0.4, -0.2) is 53.5 Å². The van der Waals surface area contributed by atoms with Crippen molar-refractivity contribution in [3.05, 3.63) is 0 Å². The normalized spacial score (nSPS) is 42.2. The predicted molar refractivity (Wildman–Crippen MR) is 49.4 cm³/mol. The Morgan fingerprint density at radius 3 is 2.77 bits per heavy atom. The largest absolute Gasteiger partial charge is 0.393 e. The topological polar surface area (TPSA) is 78.8 Å². The van der Waals surface area contributed by atoms with E-state index >= 15 is 0 Å². The van der Waals surface area contributed by atoms with Crippen LogP contribution in [0.25, 0.3) is 0 Å². The summed E-state index contributed by atoms with van der Waals surface area (Å²) in [5, 5.41) is 11.6. The molecule has 5 heteroatoms. The lowest BCUT2D eigenvalue weighted by Gasteiger charge is -2.36. The van der Waals surface area contributed by atoms with Gasteiger partial charge in [-0.2, -0.15) is 0 Å². The Labute approximate surface area is 78.2 Å². The highest BCUT2D eigenvalue weighted by Crippen LogP contribution is 2.28. The summed E-state index contributed by atoms with van der Waals surface area (Å²) in [6.45, 7) is 3.14. The van der Waals surface area contributed by atoms with Crippen molar-refractivity contribution in [2.75, 3.05) is 26.3 Å². The number of nitrogens with zero attached hydrogens (tertiary/aromatic N) is 2. The van der Waals surface area contributed by atoms with Gasteiger partial charge in [0.05, 0.1) is 6.10 Å². The molecule has 2 aliphatic rings. The van der Waals surface area contributed by atoms with Crippen molar-refractivity contribution in [2.45, 2.75) is 18.6 Å². The molecular weight excluding hydrogens is 168 g/mol. The van der Waals surface area contributed by atoms with Gasteiger partial charge in [-0.3, -0.25) is 10.7 Å². The maximum Gasteiger partial charge on any atom is 0.0609 e. The van der Waals surface area contributed by atoms with Crippen molar-refractivity contribution < 1.29 is 5.11 Å². The number of fused-ring (bicyclic) bond motifs is 1. The lowest BCUT2D eigenvalue weighted by molar-refractivity contribution is 0.00624. The third-order valence-corrected chi connectivity index (χ3v) is 3.27. The minimum absolute atomic E-state index is 0.193. The average molecular weight is 186 g/mol. The second kappa shape index (κ2) is 3.51. The van der Waals surface area contributed by atoms with E-state index in [-0.39, 0.29) is 6.10 Å². The van der Waals surface area contributed by atoms with E-state index in [4.69, 9.17) is 11.6 Å². The lowest BCUT2D eigenvalue weighted by atomic mass is 9.90. The van der Waals surface area contributed by atoms with Gasteiger partial charge in [0, 0.05) is 38.3 Å². The van der Waals surface area contributed by atoms with Crippen molar-refractivity contribution in [1.29, 1.82) is 0 Å². The molecule has 0 spiro atoms. The quantitative estimate of drug-likeness (QED) is 0.419. The summed E-state index contributed by atoms with van der Waals surface area (Å²) in [4.78, 5) is 2.14. The molecule has 2 heterocycles. The highest BCUT2D eigenvalue weighted by Gasteiger charge is 2.42. The molecule has 2 saturated heterocycles. The summed E-state index contributed by atoms with van der Waals surface area (Å²) in [5.74, 6) is 6.15. The van der Waals surface area contributed by atoms with Gasteiger partial charge < -0.3 is 10.8 Å². The monoisotopic (exact) mass is 186 g/mol. The van der Waals surface area contributed by atoms with Gasteiger partial charge in [-0.1, -0.05) is 0 Å². The van der Waals surface area contributed by atoms with E-state index in [9.17, 15) is 5.11 Å². The number of hydrogen-bond acceptors (Lipinski definition) is 5. The van der Waals surface area contributed by atoms with Crippen LogP contribution < -0.4 is 11.6 Å². The van der Waals surface area contributed by atoms with Crippen LogP contribution >= 0.6 is 0 Å². The lowest BCUT2D eigenvalue weighted by Crippen LogP contribution is -2.53. The van der Waals surface area contributed by atoms with Crippen LogP contribution in [0.15, 0.2) is 0 Å². The molecule has 2 rings (SSSR count). The second-order valence-electron chi connectivity index (χ2n) is 4.04. The zero-order valence-corrected chi connectivity index (χ0v) is 7.76. The van der Waals surface area contributed by atoms with Crippen molar-refractivity contribution in [3.8, 4) is 0 Å². The SMILES string of the molecule is NCN1CC2C(O)CCN(N)C2C1. The number of hydrazine groups is 1. The molecule has 0 aromatic rings. The Morgan fingerprint density at radius 1 is 1.38 bits per heavy atom. The first-order chi connectivity index (χ1) is 6.22. The van der Waals surface area contributed by atoms with E-state index in [0.29, 0.717) is 18.6 Å². The second-order valence-corrected chi connectivity index (χ2v) is 4.04. The van der Waals surface area contributed by atoms with Crippen molar-refractivity contribution in [2.24, 2.45) is 17.5 Å². The minimum Gasteiger partial charge on any atom is -0.393 e. The first-order valence-electron chi connectivity index (χ1n) is 4.84. The molecule has 76 valence electrons. The molecule has 0 saturated carbocycles. The fraction of sp³-hybridized carbons (Fsp3) is 1.00. The Kier molecular flexibility index (Phi) is 2.53. The molecule has 3 unspecified atom stereocenters. The smallest absolute Gasteiger partial charge is 0.0609 e. The molecule has 0 aromatic carbocycles. The van der Waals surface area contributed by atoms with Crippen molar-refractivity contribution >= 4 is 0 Å². The molecule has 5 N–H and O–H groups in total. The van der Waals surface area contributed by atoms with E-state index in [1.165, 1.54) is 0 Å². The summed E-state index contributed by atoms with van der Waals surface area (Å²) < 4.78 is 0. The van der Waals surface area contributed by atoms with Crippen LogP contribution in [0.2, 0.25) is 0 Å². The number of nitrogens with two attached hydrogens (primary N) is 2. The summed E-state index contributed by atoms with van der Waals surface area (Å²) in [5.41, 5.74) is 5.56. The number of aliphatic hydroxyl groups excluding tert-OH is 1. The zero-order valence-electron chi connectivity index (χ0n) is 7.76. The Bertz CT molecular complexity index is 171. The van der Waals surface area contributed by atoms with E-state index in [1.807, 2.05) is 5.01 Å². The van der Waals surface area contributed by atoms with Crippen LogP contribution in [-0.2, 0) is 0 Å². The molecule has 13 heavy (non-hydrogen) atoms.